The minimum atomic E-state index is -4.48. The molecule has 0 bridgehead atoms. The number of hydrazine groups is 1. The van der Waals surface area contributed by atoms with Gasteiger partial charge >= 0.3 is 6.18 Å². The molecule has 1 fully saturated rings. The van der Waals surface area contributed by atoms with Crippen LogP contribution in [0.5, 0.6) is 0 Å². The Morgan fingerprint density at radius 1 is 1.32 bits per heavy atom. The maximum absolute atomic E-state index is 13.0. The molecule has 0 aromatic heterocycles. The van der Waals surface area contributed by atoms with Crippen molar-refractivity contribution >= 4 is 5.91 Å². The van der Waals surface area contributed by atoms with Gasteiger partial charge in [-0.2, -0.15) is 13.2 Å². The standard InChI is InChI=1S/C13H15F3N2O/c1-12(7-4-8-18(17)11(12)19)9-5-2-3-6-10(9)13(14,15)16/h2-3,5-6H,4,7-8,17H2,1H3. The van der Waals surface area contributed by atoms with Crippen LogP contribution in [0.2, 0.25) is 0 Å². The first kappa shape index (κ1) is 13.9. The second kappa shape index (κ2) is 4.52. The van der Waals surface area contributed by atoms with Crippen LogP contribution in [0.3, 0.4) is 0 Å². The van der Waals surface area contributed by atoms with Gasteiger partial charge in [0.05, 0.1) is 11.0 Å². The Kier molecular flexibility index (Phi) is 3.30. The van der Waals surface area contributed by atoms with Crippen LogP contribution in [0.1, 0.15) is 30.9 Å². The Morgan fingerprint density at radius 2 is 1.95 bits per heavy atom. The highest BCUT2D eigenvalue weighted by Crippen LogP contribution is 2.41. The van der Waals surface area contributed by atoms with Gasteiger partial charge in [-0.3, -0.25) is 9.80 Å². The maximum atomic E-state index is 13.0. The van der Waals surface area contributed by atoms with Crippen molar-refractivity contribution in [2.24, 2.45) is 5.84 Å². The molecule has 0 saturated carbocycles. The summed E-state index contributed by atoms with van der Waals surface area (Å²) in [5.74, 6) is 5.09. The SMILES string of the molecule is CC1(c2ccccc2C(F)(F)F)CCCN(N)C1=O. The predicted octanol–water partition coefficient (Wildman–Crippen LogP) is 2.46. The van der Waals surface area contributed by atoms with Crippen molar-refractivity contribution in [2.45, 2.75) is 31.4 Å². The zero-order valence-corrected chi connectivity index (χ0v) is 10.5. The number of piperidine rings is 1. The van der Waals surface area contributed by atoms with Crippen LogP contribution in [0.25, 0.3) is 0 Å². The van der Waals surface area contributed by atoms with Crippen LogP contribution < -0.4 is 5.84 Å². The van der Waals surface area contributed by atoms with Crippen LogP contribution in [-0.4, -0.2) is 17.5 Å². The molecule has 19 heavy (non-hydrogen) atoms. The molecule has 1 unspecified atom stereocenters. The van der Waals surface area contributed by atoms with E-state index in [4.69, 9.17) is 5.84 Å². The minimum Gasteiger partial charge on any atom is -0.280 e. The van der Waals surface area contributed by atoms with E-state index in [2.05, 4.69) is 0 Å². The smallest absolute Gasteiger partial charge is 0.280 e. The quantitative estimate of drug-likeness (QED) is 0.630. The monoisotopic (exact) mass is 272 g/mol. The molecule has 6 heteroatoms. The molecule has 0 radical (unpaired) electrons. The zero-order chi connectivity index (χ0) is 14.3. The summed E-state index contributed by atoms with van der Waals surface area (Å²) in [7, 11) is 0. The molecule has 1 atom stereocenters. The summed E-state index contributed by atoms with van der Waals surface area (Å²) in [6, 6.07) is 5.20. The summed E-state index contributed by atoms with van der Waals surface area (Å²) >= 11 is 0. The first-order valence-electron chi connectivity index (χ1n) is 6.00. The third-order valence-corrected chi connectivity index (χ3v) is 3.64. The summed E-state index contributed by atoms with van der Waals surface area (Å²) in [6.45, 7) is 1.90. The second-order valence-corrected chi connectivity index (χ2v) is 4.98. The molecule has 1 amide bonds. The summed E-state index contributed by atoms with van der Waals surface area (Å²) in [5.41, 5.74) is -1.97. The molecule has 2 N–H and O–H groups in total. The van der Waals surface area contributed by atoms with Gasteiger partial charge in [0.1, 0.15) is 0 Å². The van der Waals surface area contributed by atoms with Gasteiger partial charge < -0.3 is 0 Å². The van der Waals surface area contributed by atoms with E-state index in [1.165, 1.54) is 25.1 Å². The number of hydrogen-bond acceptors (Lipinski definition) is 2. The van der Waals surface area contributed by atoms with Crippen LogP contribution >= 0.6 is 0 Å². The van der Waals surface area contributed by atoms with Crippen molar-refractivity contribution in [1.29, 1.82) is 0 Å². The molecular formula is C13H15F3N2O. The Hall–Kier alpha value is -1.56. The number of nitrogens with zero attached hydrogens (tertiary/aromatic N) is 1. The van der Waals surface area contributed by atoms with E-state index in [9.17, 15) is 18.0 Å². The largest absolute Gasteiger partial charge is 0.416 e. The number of nitrogens with two attached hydrogens (primary N) is 1. The minimum absolute atomic E-state index is 0.00245. The van der Waals surface area contributed by atoms with E-state index < -0.39 is 23.1 Å². The Bertz CT molecular complexity index is 501. The number of carbonyl (C=O) groups excluding carboxylic acids is 1. The van der Waals surface area contributed by atoms with E-state index in [0.29, 0.717) is 19.4 Å². The second-order valence-electron chi connectivity index (χ2n) is 4.98. The lowest BCUT2D eigenvalue weighted by molar-refractivity contribution is -0.144. The Labute approximate surface area is 109 Å². The number of benzene rings is 1. The summed E-state index contributed by atoms with van der Waals surface area (Å²) in [6.07, 6.45) is -3.52. The van der Waals surface area contributed by atoms with Crippen molar-refractivity contribution in [2.75, 3.05) is 6.54 Å². The molecule has 1 saturated heterocycles. The van der Waals surface area contributed by atoms with Crippen LogP contribution in [0, 0.1) is 0 Å². The van der Waals surface area contributed by atoms with Gasteiger partial charge in [0.2, 0.25) is 5.91 Å². The molecule has 2 rings (SSSR count). The molecule has 1 heterocycles. The third-order valence-electron chi connectivity index (χ3n) is 3.64. The average molecular weight is 272 g/mol. The highest BCUT2D eigenvalue weighted by molar-refractivity contribution is 5.88. The molecule has 3 nitrogen and oxygen atoms in total. The third kappa shape index (κ3) is 2.32. The van der Waals surface area contributed by atoms with Crippen molar-refractivity contribution in [3.8, 4) is 0 Å². The summed E-state index contributed by atoms with van der Waals surface area (Å²) in [4.78, 5) is 12.2. The van der Waals surface area contributed by atoms with E-state index in [1.54, 1.807) is 0 Å². The zero-order valence-electron chi connectivity index (χ0n) is 10.5. The normalized spacial score (nSPS) is 24.7. The van der Waals surface area contributed by atoms with Gasteiger partial charge in [0.15, 0.2) is 0 Å². The fourth-order valence-corrected chi connectivity index (χ4v) is 2.59. The highest BCUT2D eigenvalue weighted by Gasteiger charge is 2.45. The van der Waals surface area contributed by atoms with Gasteiger partial charge in [-0.15, -0.1) is 0 Å². The Balaban J connectivity index is 2.55. The van der Waals surface area contributed by atoms with Gasteiger partial charge in [0.25, 0.3) is 0 Å². The van der Waals surface area contributed by atoms with Gasteiger partial charge in [0, 0.05) is 6.54 Å². The number of carbonyl (C=O) groups is 1. The fourth-order valence-electron chi connectivity index (χ4n) is 2.59. The van der Waals surface area contributed by atoms with E-state index in [-0.39, 0.29) is 5.56 Å². The molecule has 1 aliphatic rings. The molecule has 0 aliphatic carbocycles. The summed E-state index contributed by atoms with van der Waals surface area (Å²) in [5, 5.41) is 1.01. The van der Waals surface area contributed by atoms with Crippen LogP contribution in [0.4, 0.5) is 13.2 Å². The number of halogens is 3. The Morgan fingerprint density at radius 3 is 2.58 bits per heavy atom. The number of rotatable bonds is 1. The van der Waals surface area contributed by atoms with E-state index >= 15 is 0 Å². The lowest BCUT2D eigenvalue weighted by Gasteiger charge is -2.38. The van der Waals surface area contributed by atoms with E-state index in [0.717, 1.165) is 11.1 Å². The predicted molar refractivity (Wildman–Crippen MR) is 63.9 cm³/mol. The van der Waals surface area contributed by atoms with Crippen LogP contribution in [0.15, 0.2) is 24.3 Å². The topological polar surface area (TPSA) is 46.3 Å². The number of alkyl halides is 3. The molecule has 0 spiro atoms. The van der Waals surface area contributed by atoms with Crippen molar-refractivity contribution in [3.63, 3.8) is 0 Å². The molecule has 1 aliphatic heterocycles. The van der Waals surface area contributed by atoms with Crippen LogP contribution in [-0.2, 0) is 16.4 Å². The summed E-state index contributed by atoms with van der Waals surface area (Å²) < 4.78 is 39.1. The van der Waals surface area contributed by atoms with Crippen molar-refractivity contribution in [1.82, 2.24) is 5.01 Å². The first-order chi connectivity index (χ1) is 8.77. The van der Waals surface area contributed by atoms with Gasteiger partial charge in [-0.1, -0.05) is 18.2 Å². The van der Waals surface area contributed by atoms with Gasteiger partial charge in [-0.05, 0) is 31.4 Å². The maximum Gasteiger partial charge on any atom is 0.416 e. The molecule has 1 aromatic carbocycles. The molecule has 1 aromatic rings. The lowest BCUT2D eigenvalue weighted by atomic mass is 9.73. The number of hydrogen-bond donors (Lipinski definition) is 1. The molecular weight excluding hydrogens is 257 g/mol. The van der Waals surface area contributed by atoms with E-state index in [1.807, 2.05) is 0 Å². The van der Waals surface area contributed by atoms with Crippen molar-refractivity contribution in [3.05, 3.63) is 35.4 Å². The fraction of sp³-hybridized carbons (Fsp3) is 0.462. The molecule has 104 valence electrons. The first-order valence-corrected chi connectivity index (χ1v) is 6.00. The van der Waals surface area contributed by atoms with Crippen molar-refractivity contribution < 1.29 is 18.0 Å². The average Bonchev–Trinajstić information content (AvgIpc) is 2.35. The highest BCUT2D eigenvalue weighted by atomic mass is 19.4. The van der Waals surface area contributed by atoms with Gasteiger partial charge in [-0.25, -0.2) is 5.84 Å². The number of amides is 1. The lowest BCUT2D eigenvalue weighted by Crippen LogP contribution is -2.53.